The third-order valence-electron chi connectivity index (χ3n) is 3.07. The topological polar surface area (TPSA) is 38.8 Å². The molecule has 0 aromatic carbocycles. The molecule has 0 radical (unpaired) electrons. The van der Waals surface area contributed by atoms with E-state index < -0.39 is 29.2 Å². The average molecular weight is 341 g/mol. The molecule has 8 heteroatoms. The number of allylic oxidation sites excluding steroid dienone is 2. The Morgan fingerprint density at radius 1 is 1.23 bits per heavy atom. The summed E-state index contributed by atoms with van der Waals surface area (Å²) in [6, 6.07) is 0. The van der Waals surface area contributed by atoms with E-state index in [-0.39, 0.29) is 5.92 Å². The molecular weight excluding hydrogens is 319 g/mol. The van der Waals surface area contributed by atoms with Gasteiger partial charge in [0.15, 0.2) is 12.0 Å². The highest BCUT2D eigenvalue weighted by Gasteiger charge is 2.34. The molecule has 1 aliphatic rings. The van der Waals surface area contributed by atoms with E-state index in [0.29, 0.717) is 31.7 Å². The highest BCUT2D eigenvalue weighted by Crippen LogP contribution is 2.36. The van der Waals surface area contributed by atoms with Crippen molar-refractivity contribution < 1.29 is 26.9 Å². The fraction of sp³-hybridized carbons (Fsp3) is 0.786. The van der Waals surface area contributed by atoms with Crippen LogP contribution in [0.15, 0.2) is 11.8 Å². The Bertz CT molecular complexity index is 411. The third kappa shape index (κ3) is 6.81. The highest BCUT2D eigenvalue weighted by molar-refractivity contribution is 7.95. The smallest absolute Gasteiger partial charge is 0.444 e. The zero-order valence-electron chi connectivity index (χ0n) is 13.2. The molecular formula is C14H22F3NO3S. The van der Waals surface area contributed by atoms with Crippen molar-refractivity contribution in [1.29, 1.82) is 0 Å². The van der Waals surface area contributed by atoms with Gasteiger partial charge in [0.2, 0.25) is 0 Å². The van der Waals surface area contributed by atoms with Gasteiger partial charge in [0.05, 0.1) is 0 Å². The molecule has 0 atom stereocenters. The molecule has 4 nitrogen and oxygen atoms in total. The van der Waals surface area contributed by atoms with Crippen LogP contribution in [0.1, 0.15) is 40.5 Å². The second-order valence-electron chi connectivity index (χ2n) is 6.05. The Labute approximate surface area is 133 Å². The van der Waals surface area contributed by atoms with Gasteiger partial charge in [-0.2, -0.15) is 13.2 Å². The van der Waals surface area contributed by atoms with Crippen LogP contribution < -0.4 is 0 Å². The normalized spacial score (nSPS) is 18.3. The summed E-state index contributed by atoms with van der Waals surface area (Å²) in [7, 11) is 0. The average Bonchev–Trinajstić information content (AvgIpc) is 2.37. The van der Waals surface area contributed by atoms with E-state index in [1.165, 1.54) is 0 Å². The number of alkyl halides is 3. The summed E-state index contributed by atoms with van der Waals surface area (Å²) in [5.74, 6) is 0.199. The highest BCUT2D eigenvalue weighted by atomic mass is 32.2. The number of piperidine rings is 1. The van der Waals surface area contributed by atoms with Crippen molar-refractivity contribution in [3.05, 3.63) is 11.8 Å². The number of rotatable bonds is 3. The van der Waals surface area contributed by atoms with Crippen LogP contribution in [0, 0.1) is 5.92 Å². The molecule has 22 heavy (non-hydrogen) atoms. The minimum atomic E-state index is -4.43. The summed E-state index contributed by atoms with van der Waals surface area (Å²) in [6.45, 7) is 7.90. The standard InChI is InChI=1S/C14H22F3NO3S/c1-5-11(21-22-14(15,16)17)10-6-8-18(9-7-10)12(19)20-13(2,3)4/h5,10H,6-9H2,1-4H3/b11-5-. The Morgan fingerprint density at radius 3 is 2.18 bits per heavy atom. The van der Waals surface area contributed by atoms with Gasteiger partial charge in [-0.15, -0.1) is 0 Å². The van der Waals surface area contributed by atoms with Crippen LogP contribution in [0.2, 0.25) is 0 Å². The van der Waals surface area contributed by atoms with E-state index in [0.717, 1.165) is 0 Å². The number of halogens is 3. The number of hydrogen-bond donors (Lipinski definition) is 0. The number of ether oxygens (including phenoxy) is 1. The molecule has 128 valence electrons. The minimum Gasteiger partial charge on any atom is -0.444 e. The van der Waals surface area contributed by atoms with E-state index in [4.69, 9.17) is 8.92 Å². The zero-order chi connectivity index (χ0) is 17.0. The van der Waals surface area contributed by atoms with Crippen molar-refractivity contribution in [2.24, 2.45) is 5.92 Å². The first-order chi connectivity index (χ1) is 10.0. The van der Waals surface area contributed by atoms with Gasteiger partial charge in [0.1, 0.15) is 11.4 Å². The summed E-state index contributed by atoms with van der Waals surface area (Å²) in [5, 5.41) is 0. The molecule has 0 unspecified atom stereocenters. The first-order valence-electron chi connectivity index (χ1n) is 7.08. The molecule has 1 saturated heterocycles. The quantitative estimate of drug-likeness (QED) is 0.550. The first kappa shape index (κ1) is 19.0. The zero-order valence-corrected chi connectivity index (χ0v) is 14.0. The summed E-state index contributed by atoms with van der Waals surface area (Å²) in [4.78, 5) is 13.5. The SMILES string of the molecule is C/C=C(\OSC(F)(F)F)C1CCN(C(=O)OC(C)(C)C)CC1. The maximum atomic E-state index is 12.2. The molecule has 0 aromatic rings. The van der Waals surface area contributed by atoms with Gasteiger partial charge in [-0.3, -0.25) is 0 Å². The summed E-state index contributed by atoms with van der Waals surface area (Å²) in [5.41, 5.74) is -4.99. The summed E-state index contributed by atoms with van der Waals surface area (Å²) >= 11 is -0.499. The largest absolute Gasteiger partial charge is 0.479 e. The molecule has 0 aliphatic carbocycles. The Morgan fingerprint density at radius 2 is 1.77 bits per heavy atom. The fourth-order valence-corrected chi connectivity index (χ4v) is 2.54. The number of carbonyl (C=O) groups is 1. The molecule has 1 rings (SSSR count). The van der Waals surface area contributed by atoms with Crippen molar-refractivity contribution in [1.82, 2.24) is 4.90 Å². The Hall–Kier alpha value is -1.05. The monoisotopic (exact) mass is 341 g/mol. The van der Waals surface area contributed by atoms with Gasteiger partial charge < -0.3 is 13.8 Å². The van der Waals surface area contributed by atoms with E-state index in [1.807, 2.05) is 0 Å². The Kier molecular flexibility index (Phi) is 6.46. The van der Waals surface area contributed by atoms with E-state index >= 15 is 0 Å². The van der Waals surface area contributed by atoms with E-state index in [9.17, 15) is 18.0 Å². The lowest BCUT2D eigenvalue weighted by Crippen LogP contribution is -2.42. The van der Waals surface area contributed by atoms with Crippen molar-refractivity contribution in [2.75, 3.05) is 13.1 Å². The van der Waals surface area contributed by atoms with Crippen molar-refractivity contribution in [3.8, 4) is 0 Å². The minimum absolute atomic E-state index is 0.112. The summed E-state index contributed by atoms with van der Waals surface area (Å²) in [6.07, 6.45) is 2.26. The van der Waals surface area contributed by atoms with Crippen LogP contribution in [0.3, 0.4) is 0 Å². The number of carbonyl (C=O) groups excluding carboxylic acids is 1. The van der Waals surface area contributed by atoms with Gasteiger partial charge in [-0.05, 0) is 46.6 Å². The maximum absolute atomic E-state index is 12.2. The second kappa shape index (κ2) is 7.48. The van der Waals surface area contributed by atoms with Crippen LogP contribution in [0.25, 0.3) is 0 Å². The van der Waals surface area contributed by atoms with Crippen LogP contribution in [0.5, 0.6) is 0 Å². The lowest BCUT2D eigenvalue weighted by molar-refractivity contribution is -0.0388. The molecule has 0 saturated carbocycles. The molecule has 1 heterocycles. The van der Waals surface area contributed by atoms with Gasteiger partial charge in [0, 0.05) is 19.0 Å². The molecule has 0 aromatic heterocycles. The first-order valence-corrected chi connectivity index (χ1v) is 7.82. The second-order valence-corrected chi connectivity index (χ2v) is 6.84. The van der Waals surface area contributed by atoms with Crippen LogP contribution >= 0.6 is 12.0 Å². The van der Waals surface area contributed by atoms with Crippen LogP contribution in [-0.2, 0) is 8.92 Å². The van der Waals surface area contributed by atoms with Crippen molar-refractivity contribution in [3.63, 3.8) is 0 Å². The van der Waals surface area contributed by atoms with E-state index in [1.54, 1.807) is 38.7 Å². The maximum Gasteiger partial charge on any atom is 0.479 e. The molecule has 0 bridgehead atoms. The van der Waals surface area contributed by atoms with Crippen molar-refractivity contribution in [2.45, 2.75) is 51.6 Å². The molecule has 1 amide bonds. The Balaban J connectivity index is 2.48. The van der Waals surface area contributed by atoms with Gasteiger partial charge in [-0.25, -0.2) is 4.79 Å². The number of nitrogens with zero attached hydrogens (tertiary/aromatic N) is 1. The predicted octanol–water partition coefficient (Wildman–Crippen LogP) is 4.72. The number of likely N-dealkylation sites (tertiary alicyclic amines) is 1. The number of hydrogen-bond acceptors (Lipinski definition) is 4. The van der Waals surface area contributed by atoms with E-state index in [2.05, 4.69) is 0 Å². The third-order valence-corrected chi connectivity index (χ3v) is 3.53. The van der Waals surface area contributed by atoms with Gasteiger partial charge >= 0.3 is 11.6 Å². The van der Waals surface area contributed by atoms with Gasteiger partial charge in [0.25, 0.3) is 0 Å². The number of amides is 1. The predicted molar refractivity (Wildman–Crippen MR) is 79.0 cm³/mol. The summed E-state index contributed by atoms with van der Waals surface area (Å²) < 4.78 is 46.6. The molecule has 0 spiro atoms. The fourth-order valence-electron chi connectivity index (χ4n) is 2.12. The van der Waals surface area contributed by atoms with Crippen LogP contribution in [-0.4, -0.2) is 35.2 Å². The van der Waals surface area contributed by atoms with Gasteiger partial charge in [-0.1, -0.05) is 0 Å². The lowest BCUT2D eigenvalue weighted by Gasteiger charge is -2.33. The van der Waals surface area contributed by atoms with Crippen LogP contribution in [0.4, 0.5) is 18.0 Å². The lowest BCUT2D eigenvalue weighted by atomic mass is 9.95. The molecule has 0 N–H and O–H groups in total. The molecule has 1 aliphatic heterocycles. The van der Waals surface area contributed by atoms with Crippen molar-refractivity contribution >= 4 is 18.1 Å². The molecule has 1 fully saturated rings.